The van der Waals surface area contributed by atoms with Crippen LogP contribution in [0, 0.1) is 12.8 Å². The first-order chi connectivity index (χ1) is 11.6. The summed E-state index contributed by atoms with van der Waals surface area (Å²) >= 11 is 0. The molecule has 1 unspecified atom stereocenters. The Morgan fingerprint density at radius 3 is 2.96 bits per heavy atom. The summed E-state index contributed by atoms with van der Waals surface area (Å²) in [5, 5.41) is 10.3. The number of aromatic nitrogens is 2. The van der Waals surface area contributed by atoms with Gasteiger partial charge in [0.1, 0.15) is 5.75 Å². The highest BCUT2D eigenvalue weighted by atomic mass is 16.5. The van der Waals surface area contributed by atoms with E-state index in [0.717, 1.165) is 48.5 Å². The number of anilines is 1. The molecular formula is C18H24N4O2. The second-order valence-corrected chi connectivity index (χ2v) is 6.36. The van der Waals surface area contributed by atoms with E-state index in [9.17, 15) is 4.79 Å². The summed E-state index contributed by atoms with van der Waals surface area (Å²) in [4.78, 5) is 14.8. The lowest BCUT2D eigenvalue weighted by molar-refractivity contribution is -0.121. The van der Waals surface area contributed by atoms with E-state index in [2.05, 4.69) is 27.5 Å². The molecule has 1 aromatic carbocycles. The molecule has 6 nitrogen and oxygen atoms in total. The number of amides is 1. The fraction of sp³-hybridized carbons (Fsp3) is 0.444. The summed E-state index contributed by atoms with van der Waals surface area (Å²) in [6.07, 6.45) is 1.97. The number of H-pyrrole nitrogens is 1. The molecular weight excluding hydrogens is 304 g/mol. The maximum atomic E-state index is 12.6. The molecule has 1 aliphatic heterocycles. The SMILES string of the molecule is COc1ccccc1-c1c(NC(=O)C2CCCN(C)C2)n[nH]c1C. The molecule has 0 saturated carbocycles. The number of ether oxygens (including phenoxy) is 1. The fourth-order valence-electron chi connectivity index (χ4n) is 3.30. The third-order valence-electron chi connectivity index (χ3n) is 4.56. The van der Waals surface area contributed by atoms with Gasteiger partial charge in [-0.25, -0.2) is 0 Å². The molecule has 1 aromatic heterocycles. The predicted molar refractivity (Wildman–Crippen MR) is 94.2 cm³/mol. The Kier molecular flexibility index (Phi) is 4.85. The zero-order valence-electron chi connectivity index (χ0n) is 14.4. The van der Waals surface area contributed by atoms with Gasteiger partial charge in [0, 0.05) is 17.8 Å². The standard InChI is InChI=1S/C18H24N4O2/c1-12-16(14-8-4-5-9-15(14)24-3)17(21-20-12)19-18(23)13-7-6-10-22(2)11-13/h4-5,8-9,13H,6-7,10-11H2,1-3H3,(H2,19,20,21,23). The van der Waals surface area contributed by atoms with Gasteiger partial charge in [0.05, 0.1) is 18.6 Å². The maximum absolute atomic E-state index is 12.6. The minimum atomic E-state index is 0.00581. The van der Waals surface area contributed by atoms with E-state index in [1.165, 1.54) is 0 Å². The van der Waals surface area contributed by atoms with Gasteiger partial charge >= 0.3 is 0 Å². The Labute approximate surface area is 142 Å². The first-order valence-corrected chi connectivity index (χ1v) is 8.28. The Morgan fingerprint density at radius 1 is 1.42 bits per heavy atom. The number of carbonyl (C=O) groups is 1. The number of carbonyl (C=O) groups excluding carboxylic acids is 1. The zero-order chi connectivity index (χ0) is 17.1. The fourth-order valence-corrected chi connectivity index (χ4v) is 3.30. The number of nitrogens with zero attached hydrogens (tertiary/aromatic N) is 2. The summed E-state index contributed by atoms with van der Waals surface area (Å²) in [7, 11) is 3.70. The largest absolute Gasteiger partial charge is 0.496 e. The molecule has 1 amide bonds. The summed E-state index contributed by atoms with van der Waals surface area (Å²) in [5.41, 5.74) is 2.70. The molecule has 1 saturated heterocycles. The monoisotopic (exact) mass is 328 g/mol. The van der Waals surface area contributed by atoms with Crippen molar-refractivity contribution in [2.24, 2.45) is 5.92 Å². The van der Waals surface area contributed by atoms with Gasteiger partial charge in [-0.05, 0) is 39.4 Å². The molecule has 128 valence electrons. The van der Waals surface area contributed by atoms with Crippen LogP contribution in [0.15, 0.2) is 24.3 Å². The van der Waals surface area contributed by atoms with Crippen molar-refractivity contribution in [2.75, 3.05) is 32.6 Å². The lowest BCUT2D eigenvalue weighted by Gasteiger charge is -2.28. The van der Waals surface area contributed by atoms with Crippen molar-refractivity contribution < 1.29 is 9.53 Å². The molecule has 2 N–H and O–H groups in total. The molecule has 0 bridgehead atoms. The van der Waals surface area contributed by atoms with Gasteiger partial charge in [-0.1, -0.05) is 18.2 Å². The minimum Gasteiger partial charge on any atom is -0.496 e. The van der Waals surface area contributed by atoms with Crippen molar-refractivity contribution in [3.8, 4) is 16.9 Å². The summed E-state index contributed by atoms with van der Waals surface area (Å²) in [6, 6.07) is 7.75. The highest BCUT2D eigenvalue weighted by molar-refractivity contribution is 5.96. The Bertz CT molecular complexity index is 726. The van der Waals surface area contributed by atoms with Crippen LogP contribution in [0.1, 0.15) is 18.5 Å². The van der Waals surface area contributed by atoms with E-state index in [-0.39, 0.29) is 11.8 Å². The second-order valence-electron chi connectivity index (χ2n) is 6.36. The number of hydrogen-bond donors (Lipinski definition) is 2. The van der Waals surface area contributed by atoms with Crippen LogP contribution in [0.2, 0.25) is 0 Å². The number of nitrogens with one attached hydrogen (secondary N) is 2. The van der Waals surface area contributed by atoms with Crippen LogP contribution in [0.5, 0.6) is 5.75 Å². The van der Waals surface area contributed by atoms with Gasteiger partial charge in [0.15, 0.2) is 5.82 Å². The van der Waals surface area contributed by atoms with Crippen LogP contribution < -0.4 is 10.1 Å². The molecule has 2 heterocycles. The molecule has 6 heteroatoms. The lowest BCUT2D eigenvalue weighted by Crippen LogP contribution is -2.38. The van der Waals surface area contributed by atoms with Crippen molar-refractivity contribution in [2.45, 2.75) is 19.8 Å². The molecule has 24 heavy (non-hydrogen) atoms. The highest BCUT2D eigenvalue weighted by Gasteiger charge is 2.26. The number of methoxy groups -OCH3 is 1. The Hall–Kier alpha value is -2.34. The number of hydrogen-bond acceptors (Lipinski definition) is 4. The van der Waals surface area contributed by atoms with E-state index >= 15 is 0 Å². The van der Waals surface area contributed by atoms with Crippen LogP contribution in [0.25, 0.3) is 11.1 Å². The molecule has 0 aliphatic carbocycles. The van der Waals surface area contributed by atoms with Gasteiger partial charge in [-0.15, -0.1) is 0 Å². The molecule has 1 fully saturated rings. The molecule has 3 rings (SSSR count). The quantitative estimate of drug-likeness (QED) is 0.905. The van der Waals surface area contributed by atoms with Crippen molar-refractivity contribution in [1.82, 2.24) is 15.1 Å². The first kappa shape index (κ1) is 16.5. The van der Waals surface area contributed by atoms with E-state index in [1.807, 2.05) is 31.2 Å². The average Bonchev–Trinajstić information content (AvgIpc) is 2.95. The molecule has 2 aromatic rings. The summed E-state index contributed by atoms with van der Waals surface area (Å²) < 4.78 is 5.45. The van der Waals surface area contributed by atoms with Crippen LogP contribution in [0.3, 0.4) is 0 Å². The van der Waals surface area contributed by atoms with Crippen molar-refractivity contribution >= 4 is 11.7 Å². The maximum Gasteiger partial charge on any atom is 0.229 e. The number of aromatic amines is 1. The lowest BCUT2D eigenvalue weighted by atomic mass is 9.97. The van der Waals surface area contributed by atoms with Gasteiger partial charge in [0.2, 0.25) is 5.91 Å². The third-order valence-corrected chi connectivity index (χ3v) is 4.56. The van der Waals surface area contributed by atoms with E-state index < -0.39 is 0 Å². The number of rotatable bonds is 4. The molecule has 1 atom stereocenters. The van der Waals surface area contributed by atoms with E-state index in [4.69, 9.17) is 4.74 Å². The topological polar surface area (TPSA) is 70.2 Å². The van der Waals surface area contributed by atoms with Crippen molar-refractivity contribution in [3.63, 3.8) is 0 Å². The minimum absolute atomic E-state index is 0.00581. The average molecular weight is 328 g/mol. The molecule has 1 aliphatic rings. The Morgan fingerprint density at radius 2 is 2.21 bits per heavy atom. The first-order valence-electron chi connectivity index (χ1n) is 8.28. The van der Waals surface area contributed by atoms with Gasteiger partial charge < -0.3 is 15.0 Å². The number of likely N-dealkylation sites (tertiary alicyclic amines) is 1. The van der Waals surface area contributed by atoms with Crippen LogP contribution in [-0.4, -0.2) is 48.3 Å². The third kappa shape index (κ3) is 3.28. The van der Waals surface area contributed by atoms with Crippen molar-refractivity contribution in [3.05, 3.63) is 30.0 Å². The molecule has 0 spiro atoms. The second kappa shape index (κ2) is 7.05. The normalized spacial score (nSPS) is 18.4. The van der Waals surface area contributed by atoms with Gasteiger partial charge in [-0.3, -0.25) is 9.89 Å². The van der Waals surface area contributed by atoms with Gasteiger partial charge in [-0.2, -0.15) is 5.10 Å². The number of piperidine rings is 1. The van der Waals surface area contributed by atoms with E-state index in [1.54, 1.807) is 7.11 Å². The number of para-hydroxylation sites is 1. The smallest absolute Gasteiger partial charge is 0.229 e. The van der Waals surface area contributed by atoms with Crippen LogP contribution in [0.4, 0.5) is 5.82 Å². The highest BCUT2D eigenvalue weighted by Crippen LogP contribution is 2.36. The van der Waals surface area contributed by atoms with Gasteiger partial charge in [0.25, 0.3) is 0 Å². The zero-order valence-corrected chi connectivity index (χ0v) is 14.4. The van der Waals surface area contributed by atoms with Crippen LogP contribution in [-0.2, 0) is 4.79 Å². The van der Waals surface area contributed by atoms with E-state index in [0.29, 0.717) is 5.82 Å². The summed E-state index contributed by atoms with van der Waals surface area (Å²) in [6.45, 7) is 3.79. The number of benzene rings is 1. The molecule has 0 radical (unpaired) electrons. The van der Waals surface area contributed by atoms with Crippen LogP contribution >= 0.6 is 0 Å². The Balaban J connectivity index is 1.86. The summed E-state index contributed by atoms with van der Waals surface area (Å²) in [5.74, 6) is 1.36. The number of aryl methyl sites for hydroxylation is 1. The van der Waals surface area contributed by atoms with Crippen molar-refractivity contribution in [1.29, 1.82) is 0 Å². The predicted octanol–water partition coefficient (Wildman–Crippen LogP) is 2.67.